The molecule has 0 spiro atoms. The molecule has 0 heterocycles. The van der Waals surface area contributed by atoms with Crippen LogP contribution in [0.2, 0.25) is 0 Å². The molecule has 1 aliphatic rings. The van der Waals surface area contributed by atoms with Crippen molar-refractivity contribution in [2.45, 2.75) is 25.9 Å². The third-order valence-electron chi connectivity index (χ3n) is 2.49. The molecular formula is C13H17FO3. The zero-order valence-corrected chi connectivity index (χ0v) is 9.86. The predicted molar refractivity (Wildman–Crippen MR) is 63.2 cm³/mol. The molecule has 1 fully saturated rings. The Bertz CT molecular complexity index is 354. The molecule has 94 valence electrons. The van der Waals surface area contributed by atoms with Gasteiger partial charge in [0.25, 0.3) is 0 Å². The predicted octanol–water partition coefficient (Wildman–Crippen LogP) is 2.85. The Kier molecular flexibility index (Phi) is 5.10. The van der Waals surface area contributed by atoms with Crippen LogP contribution in [-0.4, -0.2) is 23.8 Å². The van der Waals surface area contributed by atoms with Crippen molar-refractivity contribution in [3.63, 3.8) is 0 Å². The van der Waals surface area contributed by atoms with Crippen molar-refractivity contribution in [2.24, 2.45) is 5.92 Å². The van der Waals surface area contributed by atoms with Crippen molar-refractivity contribution >= 4 is 5.97 Å². The molecule has 1 atom stereocenters. The topological polar surface area (TPSA) is 46.5 Å². The third kappa shape index (κ3) is 4.95. The largest absolute Gasteiger partial charge is 0.479 e. The molecule has 0 saturated heterocycles. The van der Waals surface area contributed by atoms with Crippen molar-refractivity contribution < 1.29 is 19.0 Å². The van der Waals surface area contributed by atoms with Crippen molar-refractivity contribution in [2.75, 3.05) is 6.61 Å². The lowest BCUT2D eigenvalue weighted by Crippen LogP contribution is -2.26. The van der Waals surface area contributed by atoms with Crippen LogP contribution < -0.4 is 0 Å². The standard InChI is InChI=1S/C13H17FO3/c1-3-11(14)7-4-9(2)12(13(15)16)17-8-10-5-6-10/h3-4,7,10,12H,2,5-6,8H2,1H3,(H,15,16)/b7-4-,11-3+. The Morgan fingerprint density at radius 1 is 1.59 bits per heavy atom. The van der Waals surface area contributed by atoms with Crippen LogP contribution in [0.3, 0.4) is 0 Å². The Labute approximate surface area is 100 Å². The van der Waals surface area contributed by atoms with Crippen LogP contribution >= 0.6 is 0 Å². The summed E-state index contributed by atoms with van der Waals surface area (Å²) in [5.74, 6) is -1.06. The highest BCUT2D eigenvalue weighted by molar-refractivity contribution is 5.77. The number of rotatable bonds is 7. The first kappa shape index (κ1) is 13.6. The molecule has 0 aromatic carbocycles. The highest BCUT2D eigenvalue weighted by Crippen LogP contribution is 2.29. The van der Waals surface area contributed by atoms with E-state index in [0.29, 0.717) is 12.5 Å². The van der Waals surface area contributed by atoms with Crippen molar-refractivity contribution in [3.8, 4) is 0 Å². The molecule has 1 rings (SSSR count). The first-order valence-corrected chi connectivity index (χ1v) is 5.57. The van der Waals surface area contributed by atoms with E-state index in [0.717, 1.165) is 12.8 Å². The van der Waals surface area contributed by atoms with E-state index < -0.39 is 17.9 Å². The third-order valence-corrected chi connectivity index (χ3v) is 2.49. The van der Waals surface area contributed by atoms with Crippen molar-refractivity contribution in [1.82, 2.24) is 0 Å². The van der Waals surface area contributed by atoms with Gasteiger partial charge >= 0.3 is 5.97 Å². The van der Waals surface area contributed by atoms with Gasteiger partial charge in [-0.2, -0.15) is 0 Å². The minimum atomic E-state index is -1.10. The summed E-state index contributed by atoms with van der Waals surface area (Å²) in [6, 6.07) is 0. The van der Waals surface area contributed by atoms with Crippen LogP contribution in [0.25, 0.3) is 0 Å². The normalized spacial score (nSPS) is 18.4. The van der Waals surface area contributed by atoms with Crippen LogP contribution in [0.4, 0.5) is 4.39 Å². The van der Waals surface area contributed by atoms with Gasteiger partial charge in [-0.05, 0) is 37.3 Å². The summed E-state index contributed by atoms with van der Waals surface area (Å²) in [7, 11) is 0. The van der Waals surface area contributed by atoms with Gasteiger partial charge in [0.2, 0.25) is 0 Å². The molecule has 4 heteroatoms. The second-order valence-corrected chi connectivity index (χ2v) is 4.08. The molecule has 1 N–H and O–H groups in total. The lowest BCUT2D eigenvalue weighted by Gasteiger charge is -2.13. The summed E-state index contributed by atoms with van der Waals surface area (Å²) in [5, 5.41) is 8.97. The molecular weight excluding hydrogens is 223 g/mol. The maximum absolute atomic E-state index is 12.8. The van der Waals surface area contributed by atoms with Crippen LogP contribution in [-0.2, 0) is 9.53 Å². The molecule has 3 nitrogen and oxygen atoms in total. The minimum absolute atomic E-state index is 0.246. The summed E-state index contributed by atoms with van der Waals surface area (Å²) in [4.78, 5) is 11.0. The molecule has 1 aliphatic carbocycles. The highest BCUT2D eigenvalue weighted by Gasteiger charge is 2.26. The van der Waals surface area contributed by atoms with Gasteiger partial charge in [-0.1, -0.05) is 18.7 Å². The summed E-state index contributed by atoms with van der Waals surface area (Å²) >= 11 is 0. The van der Waals surface area contributed by atoms with Crippen molar-refractivity contribution in [3.05, 3.63) is 36.2 Å². The van der Waals surface area contributed by atoms with Crippen molar-refractivity contribution in [1.29, 1.82) is 0 Å². The zero-order valence-electron chi connectivity index (χ0n) is 9.86. The number of allylic oxidation sites excluding steroid dienone is 3. The van der Waals surface area contributed by atoms with E-state index in [2.05, 4.69) is 6.58 Å². The number of ether oxygens (including phenoxy) is 1. The molecule has 1 unspecified atom stereocenters. The molecule has 0 aromatic rings. The molecule has 0 aliphatic heterocycles. The Balaban J connectivity index is 2.52. The number of aliphatic carboxylic acids is 1. The Hall–Kier alpha value is -1.42. The highest BCUT2D eigenvalue weighted by atomic mass is 19.1. The van der Waals surface area contributed by atoms with Gasteiger partial charge in [-0.25, -0.2) is 9.18 Å². The fourth-order valence-corrected chi connectivity index (χ4v) is 1.22. The maximum Gasteiger partial charge on any atom is 0.337 e. The van der Waals surface area contributed by atoms with Gasteiger partial charge < -0.3 is 9.84 Å². The first-order chi connectivity index (χ1) is 8.04. The van der Waals surface area contributed by atoms with E-state index >= 15 is 0 Å². The lowest BCUT2D eigenvalue weighted by atomic mass is 10.1. The number of carboxylic acid groups (broad SMARTS) is 1. The molecule has 0 radical (unpaired) electrons. The molecule has 17 heavy (non-hydrogen) atoms. The van der Waals surface area contributed by atoms with Crippen LogP contribution in [0.15, 0.2) is 36.2 Å². The van der Waals surface area contributed by atoms with Gasteiger partial charge in [0.15, 0.2) is 6.10 Å². The van der Waals surface area contributed by atoms with Crippen LogP contribution in [0.1, 0.15) is 19.8 Å². The number of halogens is 1. The lowest BCUT2D eigenvalue weighted by molar-refractivity contribution is -0.147. The molecule has 0 amide bonds. The Morgan fingerprint density at radius 2 is 2.24 bits per heavy atom. The fourth-order valence-electron chi connectivity index (χ4n) is 1.22. The average Bonchev–Trinajstić information content (AvgIpc) is 3.09. The maximum atomic E-state index is 12.8. The van der Waals surface area contributed by atoms with E-state index in [9.17, 15) is 9.18 Å². The second-order valence-electron chi connectivity index (χ2n) is 4.08. The number of carbonyl (C=O) groups is 1. The monoisotopic (exact) mass is 240 g/mol. The minimum Gasteiger partial charge on any atom is -0.479 e. The average molecular weight is 240 g/mol. The number of carboxylic acids is 1. The Morgan fingerprint density at radius 3 is 2.71 bits per heavy atom. The van der Waals surface area contributed by atoms with E-state index in [1.165, 1.54) is 18.2 Å². The quantitative estimate of drug-likeness (QED) is 0.696. The van der Waals surface area contributed by atoms with Gasteiger partial charge in [-0.15, -0.1) is 0 Å². The molecule has 0 aromatic heterocycles. The van der Waals surface area contributed by atoms with Gasteiger partial charge in [-0.3, -0.25) is 0 Å². The fraction of sp³-hybridized carbons (Fsp3) is 0.462. The summed E-state index contributed by atoms with van der Waals surface area (Å²) < 4.78 is 18.1. The summed E-state index contributed by atoms with van der Waals surface area (Å²) in [5.41, 5.74) is 0.246. The number of hydrogen-bond donors (Lipinski definition) is 1. The summed E-state index contributed by atoms with van der Waals surface area (Å²) in [6.45, 7) is 5.58. The van der Waals surface area contributed by atoms with Gasteiger partial charge in [0, 0.05) is 0 Å². The molecule has 1 saturated carbocycles. The summed E-state index contributed by atoms with van der Waals surface area (Å²) in [6.07, 6.45) is 4.88. The second kappa shape index (κ2) is 6.35. The van der Waals surface area contributed by atoms with Crippen LogP contribution in [0, 0.1) is 5.92 Å². The smallest absolute Gasteiger partial charge is 0.337 e. The van der Waals surface area contributed by atoms with E-state index in [1.54, 1.807) is 6.92 Å². The first-order valence-electron chi connectivity index (χ1n) is 5.57. The van der Waals surface area contributed by atoms with E-state index in [1.807, 2.05) is 0 Å². The zero-order chi connectivity index (χ0) is 12.8. The van der Waals surface area contributed by atoms with E-state index in [4.69, 9.17) is 9.84 Å². The van der Waals surface area contributed by atoms with Crippen LogP contribution in [0.5, 0.6) is 0 Å². The number of hydrogen-bond acceptors (Lipinski definition) is 2. The van der Waals surface area contributed by atoms with E-state index in [-0.39, 0.29) is 5.57 Å². The molecule has 0 bridgehead atoms. The SMILES string of the molecule is C=C(/C=C\C(F)=C/C)C(OCC1CC1)C(=O)O. The van der Waals surface area contributed by atoms with Gasteiger partial charge in [0.05, 0.1) is 6.61 Å². The van der Waals surface area contributed by atoms with Gasteiger partial charge in [0.1, 0.15) is 5.83 Å².